The van der Waals surface area contributed by atoms with Crippen LogP contribution in [-0.2, 0) is 9.59 Å². The Balaban J connectivity index is 4.09. The lowest BCUT2D eigenvalue weighted by atomic mass is 10.1. The van der Waals surface area contributed by atoms with E-state index in [9.17, 15) is 9.59 Å². The molecule has 100 valence electrons. The smallest absolute Gasteiger partial charge is 0.320 e. The predicted octanol–water partition coefficient (Wildman–Crippen LogP) is 0.990. The molecular weight excluding hydrogens is 220 g/mol. The zero-order valence-corrected chi connectivity index (χ0v) is 11.1. The highest BCUT2D eigenvalue weighted by Crippen LogP contribution is 2.01. The zero-order valence-electron chi connectivity index (χ0n) is 11.1. The third kappa shape index (κ3) is 6.26. The Kier molecular flexibility index (Phi) is 7.54. The van der Waals surface area contributed by atoms with Crippen LogP contribution in [0.15, 0.2) is 0 Å². The number of carbonyl (C=O) groups is 2. The van der Waals surface area contributed by atoms with Crippen molar-refractivity contribution in [2.24, 2.45) is 5.92 Å². The SMILES string of the molecule is CCC(CC)NC(=O)CNC(C(=O)O)C(C)C. The molecule has 5 nitrogen and oxygen atoms in total. The van der Waals surface area contributed by atoms with Crippen LogP contribution in [0.4, 0.5) is 0 Å². The Morgan fingerprint density at radius 1 is 1.18 bits per heavy atom. The molecule has 0 aliphatic heterocycles. The highest BCUT2D eigenvalue weighted by Gasteiger charge is 2.21. The van der Waals surface area contributed by atoms with Gasteiger partial charge in [0.05, 0.1) is 6.54 Å². The molecule has 0 fully saturated rings. The topological polar surface area (TPSA) is 78.4 Å². The molecule has 0 rings (SSSR count). The second-order valence-electron chi connectivity index (χ2n) is 4.52. The number of nitrogens with one attached hydrogen (secondary N) is 2. The van der Waals surface area contributed by atoms with Crippen molar-refractivity contribution in [3.8, 4) is 0 Å². The number of carboxylic acids is 1. The van der Waals surface area contributed by atoms with E-state index in [1.165, 1.54) is 0 Å². The fourth-order valence-corrected chi connectivity index (χ4v) is 1.58. The molecule has 0 aliphatic rings. The molecule has 3 N–H and O–H groups in total. The Hall–Kier alpha value is -1.10. The first-order valence-corrected chi connectivity index (χ1v) is 6.17. The third-order valence-electron chi connectivity index (χ3n) is 2.77. The maximum absolute atomic E-state index is 11.6. The normalized spacial score (nSPS) is 12.8. The Labute approximate surface area is 103 Å². The number of amides is 1. The summed E-state index contributed by atoms with van der Waals surface area (Å²) in [5.41, 5.74) is 0. The van der Waals surface area contributed by atoms with Crippen molar-refractivity contribution in [1.82, 2.24) is 10.6 Å². The first-order valence-electron chi connectivity index (χ1n) is 6.17. The summed E-state index contributed by atoms with van der Waals surface area (Å²) in [4.78, 5) is 22.4. The minimum atomic E-state index is -0.921. The molecule has 1 unspecified atom stereocenters. The van der Waals surface area contributed by atoms with Gasteiger partial charge in [-0.25, -0.2) is 0 Å². The molecule has 17 heavy (non-hydrogen) atoms. The van der Waals surface area contributed by atoms with Crippen LogP contribution in [0.2, 0.25) is 0 Å². The molecule has 0 aromatic rings. The minimum Gasteiger partial charge on any atom is -0.480 e. The average molecular weight is 244 g/mol. The maximum atomic E-state index is 11.6. The second-order valence-corrected chi connectivity index (χ2v) is 4.52. The summed E-state index contributed by atoms with van der Waals surface area (Å²) in [5.74, 6) is -1.12. The van der Waals surface area contributed by atoms with Crippen molar-refractivity contribution < 1.29 is 14.7 Å². The molecule has 1 amide bonds. The molecule has 5 heteroatoms. The van der Waals surface area contributed by atoms with Gasteiger partial charge in [0.1, 0.15) is 6.04 Å². The first-order chi connectivity index (χ1) is 7.92. The van der Waals surface area contributed by atoms with E-state index in [4.69, 9.17) is 5.11 Å². The summed E-state index contributed by atoms with van der Waals surface area (Å²) in [6.45, 7) is 7.69. The highest BCUT2D eigenvalue weighted by molar-refractivity contribution is 5.80. The molecule has 0 spiro atoms. The van der Waals surface area contributed by atoms with E-state index in [1.54, 1.807) is 0 Å². The number of hydrogen-bond acceptors (Lipinski definition) is 3. The molecule has 0 bridgehead atoms. The fourth-order valence-electron chi connectivity index (χ4n) is 1.58. The highest BCUT2D eigenvalue weighted by atomic mass is 16.4. The zero-order chi connectivity index (χ0) is 13.4. The Morgan fingerprint density at radius 3 is 2.06 bits per heavy atom. The van der Waals surface area contributed by atoms with E-state index >= 15 is 0 Å². The van der Waals surface area contributed by atoms with E-state index in [-0.39, 0.29) is 24.4 Å². The predicted molar refractivity (Wildman–Crippen MR) is 66.8 cm³/mol. The lowest BCUT2D eigenvalue weighted by molar-refractivity contribution is -0.140. The lowest BCUT2D eigenvalue weighted by Crippen LogP contribution is -2.47. The van der Waals surface area contributed by atoms with Gasteiger partial charge in [-0.15, -0.1) is 0 Å². The summed E-state index contributed by atoms with van der Waals surface area (Å²) in [6.07, 6.45) is 1.77. The van der Waals surface area contributed by atoms with Crippen LogP contribution in [0, 0.1) is 5.92 Å². The van der Waals surface area contributed by atoms with Gasteiger partial charge < -0.3 is 10.4 Å². The van der Waals surface area contributed by atoms with Crippen molar-refractivity contribution in [3.63, 3.8) is 0 Å². The van der Waals surface area contributed by atoms with Crippen LogP contribution in [0.1, 0.15) is 40.5 Å². The molecule has 0 saturated heterocycles. The second kappa shape index (κ2) is 8.06. The molecule has 0 aliphatic carbocycles. The van der Waals surface area contributed by atoms with Crippen LogP contribution in [-0.4, -0.2) is 35.6 Å². The molecule has 0 aromatic carbocycles. The van der Waals surface area contributed by atoms with E-state index in [0.717, 1.165) is 12.8 Å². The molecular formula is C12H24N2O3. The monoisotopic (exact) mass is 244 g/mol. The van der Waals surface area contributed by atoms with Gasteiger partial charge in [0.2, 0.25) is 5.91 Å². The minimum absolute atomic E-state index is 0.0473. The quantitative estimate of drug-likeness (QED) is 0.595. The van der Waals surface area contributed by atoms with Crippen LogP contribution in [0.3, 0.4) is 0 Å². The van der Waals surface area contributed by atoms with E-state index in [0.29, 0.717) is 0 Å². The lowest BCUT2D eigenvalue weighted by Gasteiger charge is -2.19. The Morgan fingerprint density at radius 2 is 1.71 bits per heavy atom. The van der Waals surface area contributed by atoms with Gasteiger partial charge in [-0.1, -0.05) is 27.7 Å². The van der Waals surface area contributed by atoms with Gasteiger partial charge in [-0.05, 0) is 18.8 Å². The molecule has 1 atom stereocenters. The number of carboxylic acid groups (broad SMARTS) is 1. The molecule has 0 aromatic heterocycles. The third-order valence-corrected chi connectivity index (χ3v) is 2.77. The van der Waals surface area contributed by atoms with Crippen molar-refractivity contribution in [1.29, 1.82) is 0 Å². The van der Waals surface area contributed by atoms with E-state index in [1.807, 2.05) is 27.7 Å². The average Bonchev–Trinajstić information content (AvgIpc) is 2.25. The van der Waals surface area contributed by atoms with Gasteiger partial charge >= 0.3 is 5.97 Å². The first kappa shape index (κ1) is 15.9. The van der Waals surface area contributed by atoms with Crippen LogP contribution in [0.5, 0.6) is 0 Å². The van der Waals surface area contributed by atoms with Gasteiger partial charge in [-0.2, -0.15) is 0 Å². The summed E-state index contributed by atoms with van der Waals surface area (Å²) >= 11 is 0. The van der Waals surface area contributed by atoms with Crippen molar-refractivity contribution in [2.75, 3.05) is 6.54 Å². The summed E-state index contributed by atoms with van der Waals surface area (Å²) in [7, 11) is 0. The number of rotatable bonds is 8. The van der Waals surface area contributed by atoms with Crippen molar-refractivity contribution >= 4 is 11.9 Å². The van der Waals surface area contributed by atoms with Gasteiger partial charge in [0.15, 0.2) is 0 Å². The summed E-state index contributed by atoms with van der Waals surface area (Å²) < 4.78 is 0. The van der Waals surface area contributed by atoms with E-state index < -0.39 is 12.0 Å². The van der Waals surface area contributed by atoms with Crippen LogP contribution in [0.25, 0.3) is 0 Å². The summed E-state index contributed by atoms with van der Waals surface area (Å²) in [5, 5.41) is 14.6. The van der Waals surface area contributed by atoms with Crippen LogP contribution >= 0.6 is 0 Å². The molecule has 0 radical (unpaired) electrons. The van der Waals surface area contributed by atoms with Crippen LogP contribution < -0.4 is 10.6 Å². The van der Waals surface area contributed by atoms with Gasteiger partial charge in [0.25, 0.3) is 0 Å². The molecule has 0 saturated carbocycles. The summed E-state index contributed by atoms with van der Waals surface area (Å²) in [6, 6.07) is -0.505. The van der Waals surface area contributed by atoms with Crippen molar-refractivity contribution in [2.45, 2.75) is 52.6 Å². The van der Waals surface area contributed by atoms with E-state index in [2.05, 4.69) is 10.6 Å². The number of carbonyl (C=O) groups excluding carboxylic acids is 1. The number of aliphatic carboxylic acids is 1. The fraction of sp³-hybridized carbons (Fsp3) is 0.833. The Bertz CT molecular complexity index is 250. The standard InChI is InChI=1S/C12H24N2O3/c1-5-9(6-2)14-10(15)7-13-11(8(3)4)12(16)17/h8-9,11,13H,5-7H2,1-4H3,(H,14,15)(H,16,17). The molecule has 0 heterocycles. The van der Waals surface area contributed by atoms with Crippen molar-refractivity contribution in [3.05, 3.63) is 0 Å². The largest absolute Gasteiger partial charge is 0.480 e. The number of hydrogen-bond donors (Lipinski definition) is 3. The van der Waals surface area contributed by atoms with Gasteiger partial charge in [0, 0.05) is 6.04 Å². The van der Waals surface area contributed by atoms with Gasteiger partial charge in [-0.3, -0.25) is 14.9 Å². The maximum Gasteiger partial charge on any atom is 0.320 e.